The summed E-state index contributed by atoms with van der Waals surface area (Å²) in [6, 6.07) is 6.41. The van der Waals surface area contributed by atoms with Crippen molar-refractivity contribution in [2.45, 2.75) is 59.9 Å². The maximum absolute atomic E-state index is 6.38. The van der Waals surface area contributed by atoms with Gasteiger partial charge in [0.2, 0.25) is 0 Å². The van der Waals surface area contributed by atoms with Crippen LogP contribution < -0.4 is 5.32 Å². The first-order valence-electron chi connectivity index (χ1n) is 7.67. The van der Waals surface area contributed by atoms with Gasteiger partial charge in [-0.3, -0.25) is 0 Å². The van der Waals surface area contributed by atoms with Crippen molar-refractivity contribution in [3.63, 3.8) is 0 Å². The van der Waals surface area contributed by atoms with Crippen LogP contribution in [0, 0.1) is 18.8 Å². The summed E-state index contributed by atoms with van der Waals surface area (Å²) in [4.78, 5) is 0. The van der Waals surface area contributed by atoms with Gasteiger partial charge >= 0.3 is 0 Å². The van der Waals surface area contributed by atoms with E-state index in [1.807, 2.05) is 0 Å². The van der Waals surface area contributed by atoms with E-state index in [1.165, 1.54) is 17.5 Å². The van der Waals surface area contributed by atoms with E-state index in [4.69, 9.17) is 11.6 Å². The third-order valence-electron chi connectivity index (χ3n) is 3.44. The van der Waals surface area contributed by atoms with E-state index in [1.54, 1.807) is 0 Å². The molecule has 0 saturated carbocycles. The van der Waals surface area contributed by atoms with Gasteiger partial charge in [-0.1, -0.05) is 37.6 Å². The van der Waals surface area contributed by atoms with Crippen molar-refractivity contribution in [1.82, 2.24) is 5.32 Å². The van der Waals surface area contributed by atoms with Gasteiger partial charge in [-0.15, -0.1) is 0 Å². The zero-order valence-electron chi connectivity index (χ0n) is 13.9. The van der Waals surface area contributed by atoms with Gasteiger partial charge in [-0.25, -0.2) is 0 Å². The molecule has 1 aromatic rings. The highest BCUT2D eigenvalue weighted by Gasteiger charge is 2.17. The lowest BCUT2D eigenvalue weighted by molar-refractivity contribution is 0.331. The quantitative estimate of drug-likeness (QED) is 0.756. The van der Waals surface area contributed by atoms with Crippen LogP contribution in [0.25, 0.3) is 0 Å². The summed E-state index contributed by atoms with van der Waals surface area (Å²) in [6.45, 7) is 14.4. The standard InChI is InChI=1S/C18H30ClN/c1-13(2)9-15(12-20-18(4,5)6)11-16-8-7-14(3)10-17(16)19/h7-8,10,13,15,20H,9,11-12H2,1-6H3. The van der Waals surface area contributed by atoms with Crippen LogP contribution in [0.5, 0.6) is 0 Å². The van der Waals surface area contributed by atoms with E-state index < -0.39 is 0 Å². The fraction of sp³-hybridized carbons (Fsp3) is 0.667. The lowest BCUT2D eigenvalue weighted by Gasteiger charge is -2.26. The van der Waals surface area contributed by atoms with E-state index in [9.17, 15) is 0 Å². The summed E-state index contributed by atoms with van der Waals surface area (Å²) in [7, 11) is 0. The Balaban J connectivity index is 2.73. The molecule has 1 N–H and O–H groups in total. The van der Waals surface area contributed by atoms with E-state index in [-0.39, 0.29) is 5.54 Å². The Morgan fingerprint density at radius 3 is 2.35 bits per heavy atom. The van der Waals surface area contributed by atoms with Gasteiger partial charge in [0.1, 0.15) is 0 Å². The molecule has 0 aromatic heterocycles. The second kappa shape index (κ2) is 7.47. The molecule has 0 fully saturated rings. The van der Waals surface area contributed by atoms with Gasteiger partial charge in [-0.05, 0) is 76.1 Å². The second-order valence-corrected chi connectivity index (χ2v) is 7.83. The SMILES string of the molecule is Cc1ccc(CC(CNC(C)(C)C)CC(C)C)c(Cl)c1. The van der Waals surface area contributed by atoms with Crippen LogP contribution in [0.2, 0.25) is 5.02 Å². The average Bonchev–Trinajstić information content (AvgIpc) is 2.28. The Morgan fingerprint density at radius 1 is 1.20 bits per heavy atom. The predicted molar refractivity (Wildman–Crippen MR) is 90.6 cm³/mol. The van der Waals surface area contributed by atoms with Crippen LogP contribution in [-0.2, 0) is 6.42 Å². The molecule has 0 radical (unpaired) electrons. The van der Waals surface area contributed by atoms with Crippen molar-refractivity contribution in [1.29, 1.82) is 0 Å². The molecule has 1 aromatic carbocycles. The highest BCUT2D eigenvalue weighted by Crippen LogP contribution is 2.24. The molecule has 0 bridgehead atoms. The Hall–Kier alpha value is -0.530. The van der Waals surface area contributed by atoms with Gasteiger partial charge in [0, 0.05) is 10.6 Å². The molecule has 20 heavy (non-hydrogen) atoms. The average molecular weight is 296 g/mol. The number of benzene rings is 1. The first kappa shape index (κ1) is 17.5. The van der Waals surface area contributed by atoms with Crippen molar-refractivity contribution in [3.8, 4) is 0 Å². The first-order chi connectivity index (χ1) is 9.17. The largest absolute Gasteiger partial charge is 0.312 e. The molecule has 0 aliphatic carbocycles. The van der Waals surface area contributed by atoms with Gasteiger partial charge in [0.05, 0.1) is 0 Å². The number of halogens is 1. The molecule has 0 aliphatic heterocycles. The van der Waals surface area contributed by atoms with Crippen LogP contribution in [0.3, 0.4) is 0 Å². The van der Waals surface area contributed by atoms with Crippen molar-refractivity contribution in [2.24, 2.45) is 11.8 Å². The highest BCUT2D eigenvalue weighted by molar-refractivity contribution is 6.31. The molecule has 0 amide bonds. The lowest BCUT2D eigenvalue weighted by atomic mass is 9.90. The minimum atomic E-state index is 0.173. The van der Waals surface area contributed by atoms with E-state index in [0.29, 0.717) is 11.8 Å². The number of nitrogens with one attached hydrogen (secondary N) is 1. The summed E-state index contributed by atoms with van der Waals surface area (Å²) >= 11 is 6.38. The summed E-state index contributed by atoms with van der Waals surface area (Å²) in [5.74, 6) is 1.35. The third kappa shape index (κ3) is 6.76. The Kier molecular flexibility index (Phi) is 6.54. The minimum Gasteiger partial charge on any atom is -0.312 e. The van der Waals surface area contributed by atoms with Crippen LogP contribution in [0.15, 0.2) is 18.2 Å². The molecule has 0 saturated heterocycles. The number of hydrogen-bond donors (Lipinski definition) is 1. The monoisotopic (exact) mass is 295 g/mol. The van der Waals surface area contributed by atoms with Gasteiger partial charge in [-0.2, -0.15) is 0 Å². The Bertz CT molecular complexity index is 418. The Labute approximate surface area is 130 Å². The first-order valence-corrected chi connectivity index (χ1v) is 8.05. The molecule has 2 heteroatoms. The van der Waals surface area contributed by atoms with Gasteiger partial charge in [0.15, 0.2) is 0 Å². The predicted octanol–water partition coefficient (Wildman–Crippen LogP) is 5.24. The van der Waals surface area contributed by atoms with Crippen LogP contribution in [0.1, 0.15) is 52.2 Å². The van der Waals surface area contributed by atoms with E-state index >= 15 is 0 Å². The topological polar surface area (TPSA) is 12.0 Å². The Morgan fingerprint density at radius 2 is 1.85 bits per heavy atom. The summed E-state index contributed by atoms with van der Waals surface area (Å²) < 4.78 is 0. The molecule has 114 valence electrons. The normalized spacial score (nSPS) is 13.8. The van der Waals surface area contributed by atoms with Crippen molar-refractivity contribution >= 4 is 11.6 Å². The fourth-order valence-electron chi connectivity index (χ4n) is 2.48. The third-order valence-corrected chi connectivity index (χ3v) is 3.79. The molecule has 1 unspecified atom stereocenters. The van der Waals surface area contributed by atoms with Crippen LogP contribution in [-0.4, -0.2) is 12.1 Å². The molecule has 1 rings (SSSR count). The smallest absolute Gasteiger partial charge is 0.0440 e. The number of rotatable bonds is 6. The van der Waals surface area contributed by atoms with Crippen molar-refractivity contribution in [2.75, 3.05) is 6.54 Å². The fourth-order valence-corrected chi connectivity index (χ4v) is 2.80. The lowest BCUT2D eigenvalue weighted by Crippen LogP contribution is -2.39. The zero-order chi connectivity index (χ0) is 15.3. The summed E-state index contributed by atoms with van der Waals surface area (Å²) in [6.07, 6.45) is 2.29. The van der Waals surface area contributed by atoms with Gasteiger partial charge in [0.25, 0.3) is 0 Å². The number of hydrogen-bond acceptors (Lipinski definition) is 1. The zero-order valence-corrected chi connectivity index (χ0v) is 14.6. The van der Waals surface area contributed by atoms with Crippen LogP contribution in [0.4, 0.5) is 0 Å². The molecular formula is C18H30ClN. The molecular weight excluding hydrogens is 266 g/mol. The molecule has 1 nitrogen and oxygen atoms in total. The van der Waals surface area contributed by atoms with E-state index in [0.717, 1.165) is 18.0 Å². The van der Waals surface area contributed by atoms with Crippen LogP contribution >= 0.6 is 11.6 Å². The maximum atomic E-state index is 6.38. The highest BCUT2D eigenvalue weighted by atomic mass is 35.5. The van der Waals surface area contributed by atoms with Crippen molar-refractivity contribution in [3.05, 3.63) is 34.3 Å². The van der Waals surface area contributed by atoms with Gasteiger partial charge < -0.3 is 5.32 Å². The molecule has 0 aliphatic rings. The summed E-state index contributed by atoms with van der Waals surface area (Å²) in [5, 5.41) is 4.55. The van der Waals surface area contributed by atoms with Crippen molar-refractivity contribution < 1.29 is 0 Å². The number of aryl methyl sites for hydroxylation is 1. The summed E-state index contributed by atoms with van der Waals surface area (Å²) in [5.41, 5.74) is 2.68. The maximum Gasteiger partial charge on any atom is 0.0440 e. The minimum absolute atomic E-state index is 0.173. The second-order valence-electron chi connectivity index (χ2n) is 7.43. The molecule has 1 atom stereocenters. The molecule has 0 heterocycles. The molecule has 0 spiro atoms. The van der Waals surface area contributed by atoms with E-state index in [2.05, 4.69) is 65.1 Å².